The van der Waals surface area contributed by atoms with Gasteiger partial charge < -0.3 is 9.47 Å². The lowest BCUT2D eigenvalue weighted by Gasteiger charge is -2.15. The monoisotopic (exact) mass is 355 g/mol. The van der Waals surface area contributed by atoms with Gasteiger partial charge in [0.05, 0.1) is 18.4 Å². The quantitative estimate of drug-likeness (QED) is 0.426. The summed E-state index contributed by atoms with van der Waals surface area (Å²) >= 11 is 0. The molecule has 0 amide bonds. The Labute approximate surface area is 158 Å². The molecule has 0 atom stereocenters. The molecule has 142 valence electrons. The van der Waals surface area contributed by atoms with E-state index < -0.39 is 0 Å². The number of aromatic nitrogens is 1. The van der Waals surface area contributed by atoms with Gasteiger partial charge in [-0.3, -0.25) is 4.98 Å². The molecule has 0 bridgehead atoms. The lowest BCUT2D eigenvalue weighted by atomic mass is 10.1. The molecule has 0 radical (unpaired) electrons. The summed E-state index contributed by atoms with van der Waals surface area (Å²) in [6.07, 6.45) is 9.53. The van der Waals surface area contributed by atoms with Gasteiger partial charge >= 0.3 is 0 Å². The van der Waals surface area contributed by atoms with Gasteiger partial charge in [0.25, 0.3) is 0 Å². The Bertz CT molecular complexity index is 667. The SMILES string of the molecule is CCCCCCCCOc1c(C)cccc1-c1cc(OC(C)C)ccn1. The molecule has 0 fully saturated rings. The highest BCUT2D eigenvalue weighted by Crippen LogP contribution is 2.33. The van der Waals surface area contributed by atoms with Crippen LogP contribution in [0.3, 0.4) is 0 Å². The fourth-order valence-corrected chi connectivity index (χ4v) is 3.01. The largest absolute Gasteiger partial charge is 0.493 e. The van der Waals surface area contributed by atoms with Gasteiger partial charge in [-0.1, -0.05) is 51.2 Å². The van der Waals surface area contributed by atoms with Crippen LogP contribution in [-0.2, 0) is 0 Å². The maximum atomic E-state index is 6.17. The Hall–Kier alpha value is -2.03. The van der Waals surface area contributed by atoms with Gasteiger partial charge in [-0.15, -0.1) is 0 Å². The third kappa shape index (κ3) is 6.36. The molecule has 0 saturated heterocycles. The molecule has 0 aliphatic carbocycles. The van der Waals surface area contributed by atoms with Crippen LogP contribution in [0.1, 0.15) is 64.9 Å². The molecule has 3 heteroatoms. The molecule has 2 rings (SSSR count). The highest BCUT2D eigenvalue weighted by Gasteiger charge is 2.11. The van der Waals surface area contributed by atoms with Crippen molar-refractivity contribution in [1.29, 1.82) is 0 Å². The van der Waals surface area contributed by atoms with Crippen LogP contribution in [0.15, 0.2) is 36.5 Å². The van der Waals surface area contributed by atoms with Gasteiger partial charge in [0.2, 0.25) is 0 Å². The van der Waals surface area contributed by atoms with E-state index in [1.54, 1.807) is 6.20 Å². The first kappa shape index (κ1) is 20.3. The molecule has 26 heavy (non-hydrogen) atoms. The van der Waals surface area contributed by atoms with Crippen LogP contribution >= 0.6 is 0 Å². The van der Waals surface area contributed by atoms with Gasteiger partial charge in [-0.25, -0.2) is 0 Å². The fraction of sp³-hybridized carbons (Fsp3) is 0.522. The van der Waals surface area contributed by atoms with Crippen LogP contribution in [0.5, 0.6) is 11.5 Å². The van der Waals surface area contributed by atoms with E-state index in [1.165, 1.54) is 32.1 Å². The maximum Gasteiger partial charge on any atom is 0.131 e. The van der Waals surface area contributed by atoms with E-state index in [0.717, 1.165) is 41.3 Å². The second kappa shape index (κ2) is 10.8. The average Bonchev–Trinajstić information content (AvgIpc) is 2.61. The Balaban J connectivity index is 2.04. The number of rotatable bonds is 11. The summed E-state index contributed by atoms with van der Waals surface area (Å²) in [4.78, 5) is 4.54. The van der Waals surface area contributed by atoms with E-state index in [9.17, 15) is 0 Å². The Kier molecular flexibility index (Phi) is 8.46. The molecule has 1 heterocycles. The topological polar surface area (TPSA) is 31.4 Å². The zero-order chi connectivity index (χ0) is 18.8. The minimum atomic E-state index is 0.145. The van der Waals surface area contributed by atoms with Crippen LogP contribution in [0, 0.1) is 6.92 Å². The lowest BCUT2D eigenvalue weighted by molar-refractivity contribution is 0.242. The number of pyridine rings is 1. The summed E-state index contributed by atoms with van der Waals surface area (Å²) in [5, 5.41) is 0. The first-order valence-electron chi connectivity index (χ1n) is 9.97. The minimum absolute atomic E-state index is 0.145. The first-order chi connectivity index (χ1) is 12.6. The van der Waals surface area contributed by atoms with Crippen LogP contribution in [0.25, 0.3) is 11.3 Å². The maximum absolute atomic E-state index is 6.17. The molecule has 0 aliphatic rings. The normalized spacial score (nSPS) is 11.0. The minimum Gasteiger partial charge on any atom is -0.493 e. The number of aryl methyl sites for hydroxylation is 1. The summed E-state index contributed by atoms with van der Waals surface area (Å²) in [5.74, 6) is 1.78. The van der Waals surface area contributed by atoms with Crippen molar-refractivity contribution >= 4 is 0 Å². The molecule has 1 aromatic carbocycles. The predicted octanol–water partition coefficient (Wildman–Crippen LogP) is 6.58. The average molecular weight is 356 g/mol. The number of para-hydroxylation sites is 1. The number of hydrogen-bond donors (Lipinski definition) is 0. The van der Waals surface area contributed by atoms with E-state index in [0.29, 0.717) is 0 Å². The van der Waals surface area contributed by atoms with Crippen molar-refractivity contribution in [3.8, 4) is 22.8 Å². The molecule has 0 spiro atoms. The molecule has 0 saturated carbocycles. The van der Waals surface area contributed by atoms with E-state index in [1.807, 2.05) is 26.0 Å². The molecule has 0 aliphatic heterocycles. The van der Waals surface area contributed by atoms with Gasteiger partial charge in [0.15, 0.2) is 0 Å². The van der Waals surface area contributed by atoms with E-state index in [2.05, 4.69) is 37.0 Å². The highest BCUT2D eigenvalue weighted by molar-refractivity contribution is 5.70. The number of hydrogen-bond acceptors (Lipinski definition) is 3. The standard InChI is InChI=1S/C23H33NO2/c1-5-6-7-8-9-10-16-25-23-19(4)12-11-13-21(23)22-17-20(14-15-24-22)26-18(2)3/h11-15,17-18H,5-10,16H2,1-4H3. The summed E-state index contributed by atoms with van der Waals surface area (Å²) in [6, 6.07) is 10.1. The zero-order valence-corrected chi connectivity index (χ0v) is 16.8. The summed E-state index contributed by atoms with van der Waals surface area (Å²) in [6.45, 7) is 9.16. The fourth-order valence-electron chi connectivity index (χ4n) is 3.01. The van der Waals surface area contributed by atoms with Crippen molar-refractivity contribution in [3.05, 3.63) is 42.1 Å². The van der Waals surface area contributed by atoms with E-state index in [4.69, 9.17) is 9.47 Å². The van der Waals surface area contributed by atoms with Crippen molar-refractivity contribution in [3.63, 3.8) is 0 Å². The van der Waals surface area contributed by atoms with Gasteiger partial charge in [0, 0.05) is 17.8 Å². The highest BCUT2D eigenvalue weighted by atomic mass is 16.5. The molecule has 0 N–H and O–H groups in total. The number of ether oxygens (including phenoxy) is 2. The summed E-state index contributed by atoms with van der Waals surface area (Å²) in [5.41, 5.74) is 3.07. The summed E-state index contributed by atoms with van der Waals surface area (Å²) < 4.78 is 12.0. The van der Waals surface area contributed by atoms with Crippen molar-refractivity contribution < 1.29 is 9.47 Å². The third-order valence-corrected chi connectivity index (χ3v) is 4.34. The van der Waals surface area contributed by atoms with Gasteiger partial charge in [-0.05, 0) is 44.9 Å². The lowest BCUT2D eigenvalue weighted by Crippen LogP contribution is -2.06. The van der Waals surface area contributed by atoms with Crippen molar-refractivity contribution in [2.75, 3.05) is 6.61 Å². The molecule has 1 aromatic heterocycles. The first-order valence-corrected chi connectivity index (χ1v) is 9.97. The van der Waals surface area contributed by atoms with Crippen LogP contribution < -0.4 is 9.47 Å². The van der Waals surface area contributed by atoms with Crippen LogP contribution in [-0.4, -0.2) is 17.7 Å². The van der Waals surface area contributed by atoms with Crippen LogP contribution in [0.2, 0.25) is 0 Å². The molecular formula is C23H33NO2. The van der Waals surface area contributed by atoms with Gasteiger partial charge in [-0.2, -0.15) is 0 Å². The number of nitrogens with zero attached hydrogens (tertiary/aromatic N) is 1. The van der Waals surface area contributed by atoms with Gasteiger partial charge in [0.1, 0.15) is 11.5 Å². The van der Waals surface area contributed by atoms with Crippen molar-refractivity contribution in [2.24, 2.45) is 0 Å². The van der Waals surface area contributed by atoms with E-state index >= 15 is 0 Å². The Morgan fingerprint density at radius 1 is 1.00 bits per heavy atom. The molecular weight excluding hydrogens is 322 g/mol. The van der Waals surface area contributed by atoms with Crippen molar-refractivity contribution in [2.45, 2.75) is 72.3 Å². The number of benzene rings is 1. The summed E-state index contributed by atoms with van der Waals surface area (Å²) in [7, 11) is 0. The predicted molar refractivity (Wildman–Crippen MR) is 109 cm³/mol. The Morgan fingerprint density at radius 3 is 2.54 bits per heavy atom. The zero-order valence-electron chi connectivity index (χ0n) is 16.8. The second-order valence-electron chi connectivity index (χ2n) is 7.11. The van der Waals surface area contributed by atoms with Crippen molar-refractivity contribution in [1.82, 2.24) is 4.98 Å². The molecule has 3 nitrogen and oxygen atoms in total. The molecule has 0 unspecified atom stereocenters. The third-order valence-electron chi connectivity index (χ3n) is 4.34. The van der Waals surface area contributed by atoms with Crippen LogP contribution in [0.4, 0.5) is 0 Å². The Morgan fingerprint density at radius 2 is 1.77 bits per heavy atom. The second-order valence-corrected chi connectivity index (χ2v) is 7.11. The molecule has 2 aromatic rings. The van der Waals surface area contributed by atoms with E-state index in [-0.39, 0.29) is 6.10 Å². The number of unbranched alkanes of at least 4 members (excludes halogenated alkanes) is 5. The smallest absolute Gasteiger partial charge is 0.131 e.